The van der Waals surface area contributed by atoms with Gasteiger partial charge in [0.05, 0.1) is 11.8 Å². The molecule has 2 amide bonds. The Morgan fingerprint density at radius 3 is 2.97 bits per heavy atom. The van der Waals surface area contributed by atoms with E-state index < -0.39 is 5.54 Å². The van der Waals surface area contributed by atoms with Gasteiger partial charge in [-0.05, 0) is 43.5 Å². The van der Waals surface area contributed by atoms with Crippen LogP contribution in [0.2, 0.25) is 0 Å². The second-order valence-corrected chi connectivity index (χ2v) is 7.59. The lowest BCUT2D eigenvalue weighted by Gasteiger charge is -2.28. The molecule has 0 aliphatic carbocycles. The van der Waals surface area contributed by atoms with E-state index >= 15 is 0 Å². The first-order chi connectivity index (χ1) is 14.1. The highest BCUT2D eigenvalue weighted by Gasteiger charge is 2.38. The number of rotatable bonds is 9. The molecule has 1 aromatic carbocycles. The predicted octanol–water partition coefficient (Wildman–Crippen LogP) is 2.20. The van der Waals surface area contributed by atoms with Gasteiger partial charge in [0.15, 0.2) is 0 Å². The number of carbonyl (C=O) groups excluding carboxylic acids is 2. The zero-order chi connectivity index (χ0) is 20.1. The van der Waals surface area contributed by atoms with Crippen LogP contribution in [0.3, 0.4) is 0 Å². The van der Waals surface area contributed by atoms with Gasteiger partial charge < -0.3 is 15.1 Å². The van der Waals surface area contributed by atoms with E-state index in [9.17, 15) is 9.59 Å². The Balaban J connectivity index is 1.23. The van der Waals surface area contributed by atoms with E-state index in [1.54, 1.807) is 6.26 Å². The highest BCUT2D eigenvalue weighted by Crippen LogP contribution is 2.29. The molecule has 8 heteroatoms. The van der Waals surface area contributed by atoms with Crippen molar-refractivity contribution in [3.8, 4) is 0 Å². The summed E-state index contributed by atoms with van der Waals surface area (Å²) in [6.45, 7) is 1.27. The highest BCUT2D eigenvalue weighted by atomic mass is 16.3. The van der Waals surface area contributed by atoms with E-state index in [4.69, 9.17) is 4.42 Å². The molecule has 1 aliphatic heterocycles. The van der Waals surface area contributed by atoms with Crippen LogP contribution in [0.15, 0.2) is 47.1 Å². The molecule has 4 rings (SSSR count). The average Bonchev–Trinajstić information content (AvgIpc) is 3.45. The van der Waals surface area contributed by atoms with Crippen LogP contribution in [0.1, 0.15) is 37.9 Å². The summed E-state index contributed by atoms with van der Waals surface area (Å²) in [7, 11) is 0. The number of nitrogens with zero attached hydrogens (tertiary/aromatic N) is 3. The lowest BCUT2D eigenvalue weighted by atomic mass is 9.87. The minimum atomic E-state index is -0.397. The van der Waals surface area contributed by atoms with Crippen LogP contribution in [0, 0.1) is 0 Å². The fraction of sp³-hybridized carbons (Fsp3) is 0.429. The van der Waals surface area contributed by atoms with Gasteiger partial charge in [-0.15, -0.1) is 5.10 Å². The number of hydrogen-bond acceptors (Lipinski definition) is 5. The molecule has 3 aromatic rings. The van der Waals surface area contributed by atoms with Gasteiger partial charge in [-0.3, -0.25) is 9.59 Å². The predicted molar refractivity (Wildman–Crippen MR) is 107 cm³/mol. The van der Waals surface area contributed by atoms with Gasteiger partial charge in [0.25, 0.3) is 0 Å². The van der Waals surface area contributed by atoms with Gasteiger partial charge in [0.1, 0.15) is 11.3 Å². The molecule has 1 fully saturated rings. The smallest absolute Gasteiger partial charge is 0.220 e. The van der Waals surface area contributed by atoms with Crippen LogP contribution in [0.5, 0.6) is 0 Å². The van der Waals surface area contributed by atoms with Crippen molar-refractivity contribution in [2.75, 3.05) is 6.54 Å². The van der Waals surface area contributed by atoms with Crippen molar-refractivity contribution in [1.29, 1.82) is 0 Å². The largest absolute Gasteiger partial charge is 0.469 e. The Bertz CT molecular complexity index is 981. The molecule has 1 atom stereocenters. The molecule has 1 unspecified atom stereocenters. The maximum absolute atomic E-state index is 12.3. The van der Waals surface area contributed by atoms with Crippen molar-refractivity contribution in [3.05, 3.63) is 48.4 Å². The third-order valence-corrected chi connectivity index (χ3v) is 5.45. The Hall–Kier alpha value is -3.16. The molecule has 1 saturated heterocycles. The molecular formula is C21H25N5O3. The summed E-state index contributed by atoms with van der Waals surface area (Å²) in [4.78, 5) is 24.1. The average molecular weight is 395 g/mol. The summed E-state index contributed by atoms with van der Waals surface area (Å²) in [5.41, 5.74) is 1.47. The molecule has 1 aliphatic rings. The molecule has 152 valence electrons. The first kappa shape index (κ1) is 19.2. The van der Waals surface area contributed by atoms with Gasteiger partial charge in [-0.1, -0.05) is 17.3 Å². The Morgan fingerprint density at radius 2 is 2.17 bits per heavy atom. The molecule has 2 aromatic heterocycles. The third-order valence-electron chi connectivity index (χ3n) is 5.45. The van der Waals surface area contributed by atoms with E-state index in [0.29, 0.717) is 38.8 Å². The van der Waals surface area contributed by atoms with Crippen molar-refractivity contribution in [1.82, 2.24) is 25.6 Å². The van der Waals surface area contributed by atoms with Crippen LogP contribution in [0.25, 0.3) is 11.0 Å². The van der Waals surface area contributed by atoms with E-state index in [2.05, 4.69) is 20.9 Å². The van der Waals surface area contributed by atoms with Crippen molar-refractivity contribution < 1.29 is 14.0 Å². The van der Waals surface area contributed by atoms with Gasteiger partial charge in [-0.2, -0.15) is 0 Å². The molecule has 0 saturated carbocycles. The van der Waals surface area contributed by atoms with Crippen LogP contribution < -0.4 is 10.6 Å². The van der Waals surface area contributed by atoms with E-state index in [1.807, 2.05) is 41.1 Å². The summed E-state index contributed by atoms with van der Waals surface area (Å²) in [6, 6.07) is 11.6. The number of fused-ring (bicyclic) bond motifs is 1. The number of aromatic nitrogens is 3. The van der Waals surface area contributed by atoms with Crippen LogP contribution in [0.4, 0.5) is 0 Å². The molecule has 29 heavy (non-hydrogen) atoms. The Kier molecular flexibility index (Phi) is 5.59. The van der Waals surface area contributed by atoms with Crippen LogP contribution in [-0.4, -0.2) is 38.9 Å². The topological polar surface area (TPSA) is 102 Å². The normalized spacial score (nSPS) is 18.8. The minimum Gasteiger partial charge on any atom is -0.469 e. The SMILES string of the molecule is O=C(CCC1(Cc2ccco2)CCC(=O)N1)NCCCn1nnc2ccccc21. The second kappa shape index (κ2) is 8.46. The molecular weight excluding hydrogens is 370 g/mol. The monoisotopic (exact) mass is 395 g/mol. The second-order valence-electron chi connectivity index (χ2n) is 7.59. The van der Waals surface area contributed by atoms with Crippen molar-refractivity contribution in [3.63, 3.8) is 0 Å². The minimum absolute atomic E-state index is 0.00610. The summed E-state index contributed by atoms with van der Waals surface area (Å²) in [6.07, 6.45) is 5.19. The fourth-order valence-corrected chi connectivity index (χ4v) is 3.91. The number of amides is 2. The quantitative estimate of drug-likeness (QED) is 0.541. The molecule has 0 radical (unpaired) electrons. The number of furan rings is 1. The fourth-order valence-electron chi connectivity index (χ4n) is 3.91. The highest BCUT2D eigenvalue weighted by molar-refractivity contribution is 5.80. The van der Waals surface area contributed by atoms with E-state index in [-0.39, 0.29) is 11.8 Å². The first-order valence-electron chi connectivity index (χ1n) is 10.0. The standard InChI is InChI=1S/C21H25N5O3/c27-19(22-12-4-13-26-18-7-2-1-6-17(18)24-25-26)8-10-21(11-9-20(28)23-21)15-16-5-3-14-29-16/h1-3,5-7,14H,4,8-13,15H2,(H,22,27)(H,23,28). The zero-order valence-corrected chi connectivity index (χ0v) is 16.3. The van der Waals surface area contributed by atoms with Gasteiger partial charge in [-0.25, -0.2) is 4.68 Å². The maximum Gasteiger partial charge on any atom is 0.220 e. The third kappa shape index (κ3) is 4.64. The van der Waals surface area contributed by atoms with Crippen molar-refractivity contribution in [2.45, 2.75) is 50.6 Å². The zero-order valence-electron chi connectivity index (χ0n) is 16.3. The van der Waals surface area contributed by atoms with Crippen LogP contribution in [-0.2, 0) is 22.6 Å². The van der Waals surface area contributed by atoms with Gasteiger partial charge in [0.2, 0.25) is 11.8 Å². The molecule has 0 spiro atoms. The summed E-state index contributed by atoms with van der Waals surface area (Å²) in [5.74, 6) is 0.859. The molecule has 8 nitrogen and oxygen atoms in total. The number of hydrogen-bond donors (Lipinski definition) is 2. The van der Waals surface area contributed by atoms with E-state index in [0.717, 1.165) is 29.6 Å². The number of carbonyl (C=O) groups is 2. The first-order valence-corrected chi connectivity index (χ1v) is 10.0. The summed E-state index contributed by atoms with van der Waals surface area (Å²) < 4.78 is 7.30. The lowest BCUT2D eigenvalue weighted by molar-refractivity contribution is -0.122. The number of para-hydroxylation sites is 1. The van der Waals surface area contributed by atoms with Crippen LogP contribution >= 0.6 is 0 Å². The number of nitrogens with one attached hydrogen (secondary N) is 2. The molecule has 0 bridgehead atoms. The Morgan fingerprint density at radius 1 is 1.28 bits per heavy atom. The van der Waals surface area contributed by atoms with Gasteiger partial charge >= 0.3 is 0 Å². The van der Waals surface area contributed by atoms with E-state index in [1.165, 1.54) is 0 Å². The summed E-state index contributed by atoms with van der Waals surface area (Å²) in [5, 5.41) is 14.3. The molecule has 3 heterocycles. The van der Waals surface area contributed by atoms with Crippen molar-refractivity contribution in [2.24, 2.45) is 0 Å². The maximum atomic E-state index is 12.3. The number of aryl methyl sites for hydroxylation is 1. The van der Waals surface area contributed by atoms with Crippen molar-refractivity contribution >= 4 is 22.8 Å². The summed E-state index contributed by atoms with van der Waals surface area (Å²) >= 11 is 0. The number of benzene rings is 1. The lowest BCUT2D eigenvalue weighted by Crippen LogP contribution is -2.44. The molecule has 2 N–H and O–H groups in total. The Labute approximate surface area is 168 Å². The van der Waals surface area contributed by atoms with Gasteiger partial charge in [0, 0.05) is 37.9 Å².